The number of hydrogen-bond acceptors (Lipinski definition) is 0. The van der Waals surface area contributed by atoms with Crippen LogP contribution in [0.15, 0.2) is 23.6 Å². The first-order valence-electron chi connectivity index (χ1n) is 4.85. The molecular weight excluding hydrogens is 144 g/mol. The van der Waals surface area contributed by atoms with Gasteiger partial charge >= 0.3 is 0 Å². The lowest BCUT2D eigenvalue weighted by atomic mass is 9.98. The van der Waals surface area contributed by atoms with Crippen molar-refractivity contribution in [1.82, 2.24) is 0 Å². The topological polar surface area (TPSA) is 0 Å². The summed E-state index contributed by atoms with van der Waals surface area (Å²) in [6.07, 6.45) is 2.67. The summed E-state index contributed by atoms with van der Waals surface area (Å²) >= 11 is 0. The van der Waals surface area contributed by atoms with Gasteiger partial charge in [-0.2, -0.15) is 0 Å². The van der Waals surface area contributed by atoms with Gasteiger partial charge in [0, 0.05) is 0 Å². The van der Waals surface area contributed by atoms with Gasteiger partial charge in [0.2, 0.25) is 0 Å². The maximum atomic E-state index is 3.59. The van der Waals surface area contributed by atoms with Gasteiger partial charge in [-0.3, -0.25) is 0 Å². The molecule has 0 aromatic rings. The van der Waals surface area contributed by atoms with Crippen LogP contribution in [-0.4, -0.2) is 0 Å². The lowest BCUT2D eigenvalue weighted by Crippen LogP contribution is -1.96. The molecule has 0 bridgehead atoms. The minimum Gasteiger partial charge on any atom is -0.0782 e. The van der Waals surface area contributed by atoms with Crippen molar-refractivity contribution in [2.75, 3.05) is 0 Å². The summed E-state index contributed by atoms with van der Waals surface area (Å²) in [6, 6.07) is 0. The second-order valence-electron chi connectivity index (χ2n) is 3.92. The Bertz CT molecular complexity index is 235. The van der Waals surface area contributed by atoms with E-state index in [4.69, 9.17) is 0 Å². The zero-order chi connectivity index (χ0) is 9.14. The molecule has 0 aromatic heterocycles. The van der Waals surface area contributed by atoms with Crippen molar-refractivity contribution in [2.24, 2.45) is 17.8 Å². The highest BCUT2D eigenvalue weighted by atomic mass is 14.4. The van der Waals surface area contributed by atoms with Gasteiger partial charge in [0.1, 0.15) is 0 Å². The molecule has 1 fully saturated rings. The fourth-order valence-electron chi connectivity index (χ4n) is 1.85. The van der Waals surface area contributed by atoms with E-state index in [9.17, 15) is 0 Å². The highest BCUT2D eigenvalue weighted by Gasteiger charge is 2.38. The molecule has 1 aliphatic carbocycles. The van der Waals surface area contributed by atoms with Crippen molar-refractivity contribution in [3.05, 3.63) is 23.6 Å². The molecule has 1 aliphatic rings. The van der Waals surface area contributed by atoms with Gasteiger partial charge in [-0.15, -0.1) is 0 Å². The molecule has 0 amide bonds. The maximum absolute atomic E-state index is 3.59. The molecule has 1 rings (SSSR count). The first-order valence-corrected chi connectivity index (χ1v) is 4.85. The van der Waals surface area contributed by atoms with Crippen LogP contribution in [0.1, 0.15) is 33.6 Å². The first-order chi connectivity index (χ1) is 5.70. The molecule has 0 nitrogen and oxygen atoms in total. The van der Waals surface area contributed by atoms with Crippen LogP contribution in [0.4, 0.5) is 0 Å². The highest BCUT2D eigenvalue weighted by Crippen LogP contribution is 2.47. The molecular formula is C12H18. The zero-order valence-electron chi connectivity index (χ0n) is 8.35. The minimum atomic E-state index is 0.612. The van der Waals surface area contributed by atoms with Crippen LogP contribution < -0.4 is 0 Å². The van der Waals surface area contributed by atoms with Crippen molar-refractivity contribution in [3.63, 3.8) is 0 Å². The Morgan fingerprint density at radius 3 is 2.58 bits per heavy atom. The summed E-state index contributed by atoms with van der Waals surface area (Å²) in [7, 11) is 0. The van der Waals surface area contributed by atoms with Gasteiger partial charge in [0.25, 0.3) is 0 Å². The fraction of sp³-hybridized carbons (Fsp3) is 0.667. The van der Waals surface area contributed by atoms with Gasteiger partial charge in [0.15, 0.2) is 0 Å². The van der Waals surface area contributed by atoms with Gasteiger partial charge < -0.3 is 0 Å². The van der Waals surface area contributed by atoms with E-state index in [1.807, 2.05) is 0 Å². The molecule has 0 N–H and O–H groups in total. The SMILES string of the molecule is C=C=C=C(C(C)C)C1CC1CC. The largest absolute Gasteiger partial charge is 0.0782 e. The fourth-order valence-corrected chi connectivity index (χ4v) is 1.85. The van der Waals surface area contributed by atoms with Crippen molar-refractivity contribution >= 4 is 0 Å². The van der Waals surface area contributed by atoms with Crippen LogP contribution in [0, 0.1) is 17.8 Å². The summed E-state index contributed by atoms with van der Waals surface area (Å²) in [5.41, 5.74) is 7.37. The van der Waals surface area contributed by atoms with Gasteiger partial charge in [0.05, 0.1) is 0 Å². The monoisotopic (exact) mass is 162 g/mol. The average Bonchev–Trinajstić information content (AvgIpc) is 2.78. The normalized spacial score (nSPS) is 26.3. The summed E-state index contributed by atoms with van der Waals surface area (Å²) in [5.74, 6) is 2.33. The molecule has 0 heterocycles. The van der Waals surface area contributed by atoms with E-state index in [1.54, 1.807) is 0 Å². The standard InChI is InChI=1S/C12H18/c1-5-7-11(9(3)4)12-8-10(12)6-2/h9-10,12H,1,6,8H2,2-4H3. The third-order valence-electron chi connectivity index (χ3n) is 2.70. The molecule has 2 unspecified atom stereocenters. The Morgan fingerprint density at radius 2 is 2.25 bits per heavy atom. The Morgan fingerprint density at radius 1 is 1.58 bits per heavy atom. The minimum absolute atomic E-state index is 0.612. The predicted molar refractivity (Wildman–Crippen MR) is 52.9 cm³/mol. The van der Waals surface area contributed by atoms with E-state index in [2.05, 4.69) is 38.8 Å². The molecule has 1 saturated carbocycles. The Kier molecular flexibility index (Phi) is 2.98. The maximum Gasteiger partial charge on any atom is -0.00868 e. The van der Waals surface area contributed by atoms with E-state index in [0.717, 1.165) is 11.8 Å². The molecule has 0 radical (unpaired) electrons. The number of hydrogen-bond donors (Lipinski definition) is 0. The van der Waals surface area contributed by atoms with Crippen molar-refractivity contribution in [1.29, 1.82) is 0 Å². The van der Waals surface area contributed by atoms with Crippen molar-refractivity contribution in [3.8, 4) is 0 Å². The lowest BCUT2D eigenvalue weighted by Gasteiger charge is -2.06. The molecule has 12 heavy (non-hydrogen) atoms. The van der Waals surface area contributed by atoms with Crippen LogP contribution in [0.2, 0.25) is 0 Å². The molecule has 0 aromatic carbocycles. The molecule has 66 valence electrons. The van der Waals surface area contributed by atoms with Gasteiger partial charge in [-0.1, -0.05) is 38.7 Å². The van der Waals surface area contributed by atoms with Crippen LogP contribution >= 0.6 is 0 Å². The molecule has 0 aliphatic heterocycles. The van der Waals surface area contributed by atoms with E-state index >= 15 is 0 Å². The van der Waals surface area contributed by atoms with Gasteiger partial charge in [-0.25, -0.2) is 0 Å². The lowest BCUT2D eigenvalue weighted by molar-refractivity contribution is 0.652. The van der Waals surface area contributed by atoms with E-state index < -0.39 is 0 Å². The second-order valence-corrected chi connectivity index (χ2v) is 3.92. The molecule has 0 heteroatoms. The zero-order valence-corrected chi connectivity index (χ0v) is 8.35. The van der Waals surface area contributed by atoms with E-state index in [-0.39, 0.29) is 0 Å². The van der Waals surface area contributed by atoms with Crippen LogP contribution in [0.25, 0.3) is 0 Å². The Balaban J connectivity index is 2.71. The number of rotatable bonds is 3. The van der Waals surface area contributed by atoms with E-state index in [0.29, 0.717) is 5.92 Å². The quantitative estimate of drug-likeness (QED) is 0.557. The second kappa shape index (κ2) is 3.81. The third-order valence-corrected chi connectivity index (χ3v) is 2.70. The average molecular weight is 162 g/mol. The highest BCUT2D eigenvalue weighted by molar-refractivity contribution is 5.16. The summed E-state index contributed by atoms with van der Waals surface area (Å²) < 4.78 is 0. The summed E-state index contributed by atoms with van der Waals surface area (Å²) in [5, 5.41) is 0. The third kappa shape index (κ3) is 1.91. The Labute approximate surface area is 75.7 Å². The van der Waals surface area contributed by atoms with Crippen LogP contribution in [0.3, 0.4) is 0 Å². The molecule has 2 atom stereocenters. The van der Waals surface area contributed by atoms with Gasteiger partial charge in [-0.05, 0) is 36.3 Å². The summed E-state index contributed by atoms with van der Waals surface area (Å²) in [6.45, 7) is 10.3. The Hall–Kier alpha value is -0.700. The van der Waals surface area contributed by atoms with Crippen LogP contribution in [0.5, 0.6) is 0 Å². The molecule has 0 spiro atoms. The van der Waals surface area contributed by atoms with E-state index in [1.165, 1.54) is 18.4 Å². The smallest absolute Gasteiger partial charge is 0.00868 e. The molecule has 0 saturated heterocycles. The predicted octanol–water partition coefficient (Wildman–Crippen LogP) is 3.55. The van der Waals surface area contributed by atoms with Crippen LogP contribution in [-0.2, 0) is 0 Å². The first kappa shape index (κ1) is 9.39. The van der Waals surface area contributed by atoms with Crippen molar-refractivity contribution < 1.29 is 0 Å². The number of allylic oxidation sites excluding steroid dienone is 1. The summed E-state index contributed by atoms with van der Waals surface area (Å²) in [4.78, 5) is 0. The van der Waals surface area contributed by atoms with Crippen molar-refractivity contribution in [2.45, 2.75) is 33.6 Å².